The topological polar surface area (TPSA) is 32.8 Å². The van der Waals surface area contributed by atoms with Gasteiger partial charge < -0.3 is 9.84 Å². The van der Waals surface area contributed by atoms with Crippen LogP contribution in [0, 0.1) is 6.92 Å². The van der Waals surface area contributed by atoms with E-state index in [1.807, 2.05) is 6.07 Å². The van der Waals surface area contributed by atoms with Crippen LogP contribution in [-0.2, 0) is 4.74 Å². The van der Waals surface area contributed by atoms with E-state index in [2.05, 4.69) is 26.8 Å². The summed E-state index contributed by atoms with van der Waals surface area (Å²) in [5.41, 5.74) is 2.28. The van der Waals surface area contributed by atoms with Gasteiger partial charge in [0.2, 0.25) is 0 Å². The zero-order valence-corrected chi connectivity index (χ0v) is 10.2. The molecule has 3 unspecified atom stereocenters. The number of rotatable bonds is 4. The molecule has 1 aromatic carbocycles. The molecule has 0 spiro atoms. The van der Waals surface area contributed by atoms with Crippen molar-refractivity contribution in [3.8, 4) is 5.75 Å². The number of phenols is 1. The second kappa shape index (κ2) is 4.46. The SMILES string of the molecule is CCC(CC1OC1C)c1cc(C)ccc1O. The summed E-state index contributed by atoms with van der Waals surface area (Å²) >= 11 is 0. The Morgan fingerprint density at radius 3 is 2.69 bits per heavy atom. The average molecular weight is 220 g/mol. The number of benzene rings is 1. The van der Waals surface area contributed by atoms with Crippen LogP contribution in [0.25, 0.3) is 0 Å². The van der Waals surface area contributed by atoms with Crippen LogP contribution in [0.2, 0.25) is 0 Å². The Morgan fingerprint density at radius 1 is 1.44 bits per heavy atom. The van der Waals surface area contributed by atoms with E-state index in [-0.39, 0.29) is 0 Å². The quantitative estimate of drug-likeness (QED) is 0.789. The third-order valence-corrected chi connectivity index (χ3v) is 3.47. The molecular formula is C14H20O2. The molecule has 2 nitrogen and oxygen atoms in total. The minimum atomic E-state index is 0.393. The monoisotopic (exact) mass is 220 g/mol. The Hall–Kier alpha value is -1.02. The molecule has 88 valence electrons. The molecule has 0 amide bonds. The second-order valence-electron chi connectivity index (χ2n) is 4.78. The van der Waals surface area contributed by atoms with Crippen LogP contribution in [0.15, 0.2) is 18.2 Å². The van der Waals surface area contributed by atoms with Gasteiger partial charge in [-0.2, -0.15) is 0 Å². The lowest BCUT2D eigenvalue weighted by molar-refractivity contribution is 0.355. The van der Waals surface area contributed by atoms with Gasteiger partial charge >= 0.3 is 0 Å². The second-order valence-corrected chi connectivity index (χ2v) is 4.78. The first kappa shape index (κ1) is 11.5. The van der Waals surface area contributed by atoms with E-state index in [1.165, 1.54) is 5.56 Å². The van der Waals surface area contributed by atoms with Crippen LogP contribution in [0.1, 0.15) is 43.7 Å². The van der Waals surface area contributed by atoms with E-state index in [0.717, 1.165) is 18.4 Å². The first-order valence-corrected chi connectivity index (χ1v) is 6.06. The summed E-state index contributed by atoms with van der Waals surface area (Å²) in [5.74, 6) is 0.834. The molecule has 1 fully saturated rings. The van der Waals surface area contributed by atoms with Crippen molar-refractivity contribution in [3.05, 3.63) is 29.3 Å². The maximum atomic E-state index is 9.89. The van der Waals surface area contributed by atoms with Gasteiger partial charge in [0.15, 0.2) is 0 Å². The molecule has 1 saturated heterocycles. The number of ether oxygens (including phenoxy) is 1. The molecule has 0 aliphatic carbocycles. The fourth-order valence-corrected chi connectivity index (χ4v) is 2.27. The van der Waals surface area contributed by atoms with Gasteiger partial charge in [0.25, 0.3) is 0 Å². The summed E-state index contributed by atoms with van der Waals surface area (Å²) in [7, 11) is 0. The summed E-state index contributed by atoms with van der Waals surface area (Å²) < 4.78 is 5.46. The molecule has 1 N–H and O–H groups in total. The normalized spacial score (nSPS) is 25.4. The molecule has 0 radical (unpaired) electrons. The van der Waals surface area contributed by atoms with Crippen LogP contribution in [0.5, 0.6) is 5.75 Å². The zero-order valence-electron chi connectivity index (χ0n) is 10.2. The summed E-state index contributed by atoms with van der Waals surface area (Å²) in [6.07, 6.45) is 2.86. The Balaban J connectivity index is 2.15. The first-order chi connectivity index (χ1) is 7.61. The largest absolute Gasteiger partial charge is 0.508 e. The van der Waals surface area contributed by atoms with E-state index in [1.54, 1.807) is 6.07 Å². The van der Waals surface area contributed by atoms with E-state index in [4.69, 9.17) is 4.74 Å². The molecule has 0 bridgehead atoms. The Kier molecular flexibility index (Phi) is 3.20. The van der Waals surface area contributed by atoms with Crippen LogP contribution < -0.4 is 0 Å². The minimum absolute atomic E-state index is 0.393. The lowest BCUT2D eigenvalue weighted by Gasteiger charge is -2.16. The van der Waals surface area contributed by atoms with Gasteiger partial charge in [-0.1, -0.05) is 24.6 Å². The summed E-state index contributed by atoms with van der Waals surface area (Å²) in [4.78, 5) is 0. The fourth-order valence-electron chi connectivity index (χ4n) is 2.27. The highest BCUT2D eigenvalue weighted by atomic mass is 16.6. The number of epoxide rings is 1. The molecule has 2 rings (SSSR count). The van der Waals surface area contributed by atoms with E-state index in [0.29, 0.717) is 23.9 Å². The van der Waals surface area contributed by atoms with E-state index < -0.39 is 0 Å². The van der Waals surface area contributed by atoms with Crippen molar-refractivity contribution >= 4 is 0 Å². The highest BCUT2D eigenvalue weighted by molar-refractivity contribution is 5.38. The maximum Gasteiger partial charge on any atom is 0.119 e. The van der Waals surface area contributed by atoms with E-state index >= 15 is 0 Å². The predicted molar refractivity (Wildman–Crippen MR) is 64.8 cm³/mol. The van der Waals surface area contributed by atoms with Crippen LogP contribution >= 0.6 is 0 Å². The lowest BCUT2D eigenvalue weighted by atomic mass is 9.89. The van der Waals surface area contributed by atoms with Crippen molar-refractivity contribution in [1.29, 1.82) is 0 Å². The van der Waals surface area contributed by atoms with Gasteiger partial charge in [0, 0.05) is 0 Å². The van der Waals surface area contributed by atoms with Gasteiger partial charge in [-0.15, -0.1) is 0 Å². The van der Waals surface area contributed by atoms with Gasteiger partial charge in [-0.25, -0.2) is 0 Å². The Bertz CT molecular complexity index is 373. The van der Waals surface area contributed by atoms with Crippen molar-refractivity contribution in [3.63, 3.8) is 0 Å². The van der Waals surface area contributed by atoms with Crippen molar-refractivity contribution in [1.82, 2.24) is 0 Å². The van der Waals surface area contributed by atoms with Gasteiger partial charge in [-0.3, -0.25) is 0 Å². The molecule has 0 aromatic heterocycles. The maximum absolute atomic E-state index is 9.89. The van der Waals surface area contributed by atoms with Crippen LogP contribution in [0.4, 0.5) is 0 Å². The molecular weight excluding hydrogens is 200 g/mol. The van der Waals surface area contributed by atoms with Gasteiger partial charge in [0.05, 0.1) is 12.2 Å². The Morgan fingerprint density at radius 2 is 2.12 bits per heavy atom. The molecule has 1 heterocycles. The molecule has 2 heteroatoms. The number of aryl methyl sites for hydroxylation is 1. The number of phenolic OH excluding ortho intramolecular Hbond substituents is 1. The van der Waals surface area contributed by atoms with Crippen LogP contribution in [-0.4, -0.2) is 17.3 Å². The first-order valence-electron chi connectivity index (χ1n) is 6.06. The summed E-state index contributed by atoms with van der Waals surface area (Å²) in [6, 6.07) is 5.84. The highest BCUT2D eigenvalue weighted by Crippen LogP contribution is 2.37. The van der Waals surface area contributed by atoms with Crippen molar-refractivity contribution in [2.24, 2.45) is 0 Å². The zero-order chi connectivity index (χ0) is 11.7. The third-order valence-electron chi connectivity index (χ3n) is 3.47. The third kappa shape index (κ3) is 2.38. The minimum Gasteiger partial charge on any atom is -0.508 e. The Labute approximate surface area is 97.3 Å². The number of hydrogen-bond acceptors (Lipinski definition) is 2. The number of aromatic hydroxyl groups is 1. The van der Waals surface area contributed by atoms with Gasteiger partial charge in [0.1, 0.15) is 5.75 Å². The molecule has 16 heavy (non-hydrogen) atoms. The highest BCUT2D eigenvalue weighted by Gasteiger charge is 2.36. The lowest BCUT2D eigenvalue weighted by Crippen LogP contribution is -2.03. The van der Waals surface area contributed by atoms with Crippen molar-refractivity contribution < 1.29 is 9.84 Å². The smallest absolute Gasteiger partial charge is 0.119 e. The van der Waals surface area contributed by atoms with Gasteiger partial charge in [-0.05, 0) is 44.2 Å². The molecule has 3 atom stereocenters. The van der Waals surface area contributed by atoms with Crippen LogP contribution in [0.3, 0.4) is 0 Å². The van der Waals surface area contributed by atoms with E-state index in [9.17, 15) is 5.11 Å². The average Bonchev–Trinajstić information content (AvgIpc) is 2.95. The van der Waals surface area contributed by atoms with Crippen molar-refractivity contribution in [2.45, 2.75) is 51.7 Å². The van der Waals surface area contributed by atoms with Crippen molar-refractivity contribution in [2.75, 3.05) is 0 Å². The fraction of sp³-hybridized carbons (Fsp3) is 0.571. The summed E-state index contributed by atoms with van der Waals surface area (Å²) in [5, 5.41) is 9.89. The molecule has 1 aromatic rings. The molecule has 1 aliphatic rings. The summed E-state index contributed by atoms with van der Waals surface area (Å²) in [6.45, 7) is 6.33. The predicted octanol–water partition coefficient (Wildman–Crippen LogP) is 3.37. The standard InChI is InChI=1S/C14H20O2/c1-4-11(8-14-10(3)16-14)12-7-9(2)5-6-13(12)15/h5-7,10-11,14-15H,4,8H2,1-3H3. The molecule has 1 aliphatic heterocycles. The number of hydrogen-bond donors (Lipinski definition) is 1. The molecule has 0 saturated carbocycles.